The van der Waals surface area contributed by atoms with Crippen molar-refractivity contribution in [3.8, 4) is 0 Å². The Bertz CT molecular complexity index is 870. The molecule has 0 aromatic carbocycles. The molecule has 9 nitrogen and oxygen atoms in total. The van der Waals surface area contributed by atoms with Crippen LogP contribution < -0.4 is 0 Å². The Morgan fingerprint density at radius 3 is 2.24 bits per heavy atom. The zero-order valence-electron chi connectivity index (χ0n) is 16.0. The van der Waals surface area contributed by atoms with Crippen LogP contribution in [0, 0.1) is 6.92 Å². The lowest BCUT2D eigenvalue weighted by atomic mass is 9.87. The molecule has 1 spiro atoms. The van der Waals surface area contributed by atoms with Gasteiger partial charge in [0, 0.05) is 25.3 Å². The van der Waals surface area contributed by atoms with Gasteiger partial charge >= 0.3 is 12.1 Å². The number of nitrogens with zero attached hydrogens (tertiary/aromatic N) is 3. The number of aliphatic carboxylic acids is 1. The summed E-state index contributed by atoms with van der Waals surface area (Å²) in [6.07, 6.45) is -0.497. The second-order valence-corrected chi connectivity index (χ2v) is 9.14. The fourth-order valence-electron chi connectivity index (χ4n) is 3.81. The first kappa shape index (κ1) is 23.1. The molecule has 3 rings (SSSR count). The number of carbonyl (C=O) groups excluding carboxylic acids is 1. The average molecular weight is 440 g/mol. The molecule has 1 amide bonds. The van der Waals surface area contributed by atoms with Crippen molar-refractivity contribution in [2.75, 3.05) is 25.9 Å². The highest BCUT2D eigenvalue weighted by molar-refractivity contribution is 7.88. The van der Waals surface area contributed by atoms with Crippen molar-refractivity contribution in [1.82, 2.24) is 19.4 Å². The van der Waals surface area contributed by atoms with Gasteiger partial charge in [0.25, 0.3) is 5.91 Å². The predicted octanol–water partition coefficient (Wildman–Crippen LogP) is 1.38. The lowest BCUT2D eigenvalue weighted by molar-refractivity contribution is -0.192. The standard InChI is InChI=1S/C14H22N4O3S.C2HF3O2/c1-11-9-12(16-15-11)13(19)17-7-3-5-14(10-17)6-4-8-18(14)22(2,20)21;3-2(4,5)1(6)7/h9H,3-8,10H2,1-2H3,(H,15,16);(H,6,7). The number of aromatic nitrogens is 2. The summed E-state index contributed by atoms with van der Waals surface area (Å²) in [4.78, 5) is 23.2. The number of nitrogens with one attached hydrogen (secondary N) is 1. The highest BCUT2D eigenvalue weighted by atomic mass is 32.2. The summed E-state index contributed by atoms with van der Waals surface area (Å²) in [5.74, 6) is -2.88. The van der Waals surface area contributed by atoms with E-state index in [1.54, 1.807) is 15.3 Å². The van der Waals surface area contributed by atoms with Gasteiger partial charge in [-0.2, -0.15) is 22.6 Å². The van der Waals surface area contributed by atoms with Gasteiger partial charge < -0.3 is 10.0 Å². The lowest BCUT2D eigenvalue weighted by Gasteiger charge is -2.44. The van der Waals surface area contributed by atoms with Crippen LogP contribution in [0.5, 0.6) is 0 Å². The summed E-state index contributed by atoms with van der Waals surface area (Å²) in [5.41, 5.74) is 0.819. The average Bonchev–Trinajstić information content (AvgIpc) is 3.20. The van der Waals surface area contributed by atoms with Crippen LogP contribution in [-0.4, -0.2) is 82.4 Å². The topological polar surface area (TPSA) is 124 Å². The van der Waals surface area contributed by atoms with Crippen LogP contribution >= 0.6 is 0 Å². The van der Waals surface area contributed by atoms with Crippen LogP contribution in [0.4, 0.5) is 13.2 Å². The van der Waals surface area contributed by atoms with E-state index in [9.17, 15) is 26.4 Å². The number of carboxylic acid groups (broad SMARTS) is 1. The Morgan fingerprint density at radius 1 is 1.24 bits per heavy atom. The molecule has 1 atom stereocenters. The molecule has 3 heterocycles. The minimum atomic E-state index is -5.08. The fraction of sp³-hybridized carbons (Fsp3) is 0.688. The quantitative estimate of drug-likeness (QED) is 0.716. The first-order chi connectivity index (χ1) is 13.3. The summed E-state index contributed by atoms with van der Waals surface area (Å²) in [6.45, 7) is 3.53. The van der Waals surface area contributed by atoms with E-state index in [0.717, 1.165) is 31.4 Å². The Balaban J connectivity index is 0.000000370. The van der Waals surface area contributed by atoms with Gasteiger partial charge in [0.1, 0.15) is 5.69 Å². The summed E-state index contributed by atoms with van der Waals surface area (Å²) >= 11 is 0. The normalized spacial score (nSPS) is 23.0. The van der Waals surface area contributed by atoms with E-state index in [0.29, 0.717) is 25.3 Å². The fourth-order valence-corrected chi connectivity index (χ4v) is 5.22. The molecule has 164 valence electrons. The van der Waals surface area contributed by atoms with Crippen LogP contribution in [0.25, 0.3) is 0 Å². The molecule has 2 aliphatic rings. The van der Waals surface area contributed by atoms with Crippen molar-refractivity contribution < 1.29 is 36.3 Å². The third kappa shape index (κ3) is 5.47. The molecule has 0 radical (unpaired) electrons. The van der Waals surface area contributed by atoms with Gasteiger partial charge in [-0.05, 0) is 38.7 Å². The molecule has 13 heteroatoms. The molecule has 1 aromatic heterocycles. The smallest absolute Gasteiger partial charge is 0.475 e. The first-order valence-corrected chi connectivity index (χ1v) is 10.7. The van der Waals surface area contributed by atoms with Gasteiger partial charge in [-0.15, -0.1) is 0 Å². The highest BCUT2D eigenvalue weighted by Crippen LogP contribution is 2.39. The van der Waals surface area contributed by atoms with Crippen molar-refractivity contribution in [3.63, 3.8) is 0 Å². The van der Waals surface area contributed by atoms with E-state index in [2.05, 4.69) is 10.2 Å². The molecular weight excluding hydrogens is 417 g/mol. The zero-order chi connectivity index (χ0) is 22.0. The number of sulfonamides is 1. The summed E-state index contributed by atoms with van der Waals surface area (Å²) < 4.78 is 57.5. The van der Waals surface area contributed by atoms with Crippen molar-refractivity contribution >= 4 is 21.9 Å². The maximum absolute atomic E-state index is 12.6. The van der Waals surface area contributed by atoms with Crippen LogP contribution in [0.3, 0.4) is 0 Å². The van der Waals surface area contributed by atoms with E-state index in [1.165, 1.54) is 6.26 Å². The van der Waals surface area contributed by atoms with Gasteiger partial charge in [0.05, 0.1) is 11.8 Å². The number of piperidine rings is 1. The highest BCUT2D eigenvalue weighted by Gasteiger charge is 2.48. The molecule has 2 fully saturated rings. The number of amides is 1. The maximum atomic E-state index is 12.6. The minimum absolute atomic E-state index is 0.122. The molecule has 2 N–H and O–H groups in total. The van der Waals surface area contributed by atoms with Crippen LogP contribution in [0.2, 0.25) is 0 Å². The Labute approximate surface area is 165 Å². The van der Waals surface area contributed by atoms with Crippen molar-refractivity contribution in [2.45, 2.75) is 44.3 Å². The number of likely N-dealkylation sites (tertiary alicyclic amines) is 1. The number of halogens is 3. The van der Waals surface area contributed by atoms with Crippen molar-refractivity contribution in [3.05, 3.63) is 17.5 Å². The number of aromatic amines is 1. The molecule has 0 aliphatic carbocycles. The van der Waals surface area contributed by atoms with E-state index in [4.69, 9.17) is 9.90 Å². The molecule has 1 unspecified atom stereocenters. The maximum Gasteiger partial charge on any atom is 0.490 e. The third-order valence-corrected chi connectivity index (χ3v) is 6.31. The van der Waals surface area contributed by atoms with Gasteiger partial charge in [0.15, 0.2) is 0 Å². The number of rotatable bonds is 2. The van der Waals surface area contributed by atoms with Gasteiger partial charge in [-0.25, -0.2) is 13.2 Å². The SMILES string of the molecule is Cc1cc(C(=O)N2CCCC3(CCCN3S(C)(=O)=O)C2)n[nH]1.O=C(O)C(F)(F)F. The molecule has 29 heavy (non-hydrogen) atoms. The van der Waals surface area contributed by atoms with Gasteiger partial charge in [0.2, 0.25) is 10.0 Å². The Hall–Kier alpha value is -2.15. The number of aryl methyl sites for hydroxylation is 1. The minimum Gasteiger partial charge on any atom is -0.475 e. The van der Waals surface area contributed by atoms with Gasteiger partial charge in [-0.3, -0.25) is 9.89 Å². The predicted molar refractivity (Wildman–Crippen MR) is 95.7 cm³/mol. The molecule has 2 saturated heterocycles. The molecular formula is C16H23F3N4O5S. The monoisotopic (exact) mass is 440 g/mol. The second kappa shape index (κ2) is 8.30. The van der Waals surface area contributed by atoms with E-state index >= 15 is 0 Å². The summed E-state index contributed by atoms with van der Waals surface area (Å²) in [7, 11) is -3.25. The second-order valence-electron chi connectivity index (χ2n) is 7.23. The van der Waals surface area contributed by atoms with Crippen molar-refractivity contribution in [2.24, 2.45) is 0 Å². The van der Waals surface area contributed by atoms with E-state index in [-0.39, 0.29) is 5.91 Å². The first-order valence-electron chi connectivity index (χ1n) is 8.85. The lowest BCUT2D eigenvalue weighted by Crippen LogP contribution is -2.58. The summed E-state index contributed by atoms with van der Waals surface area (Å²) in [6, 6.07) is 1.73. The molecule has 2 aliphatic heterocycles. The van der Waals surface area contributed by atoms with Crippen LogP contribution in [-0.2, 0) is 14.8 Å². The molecule has 0 bridgehead atoms. The van der Waals surface area contributed by atoms with Crippen LogP contribution in [0.1, 0.15) is 41.9 Å². The number of hydrogen-bond acceptors (Lipinski definition) is 5. The third-order valence-electron chi connectivity index (χ3n) is 4.94. The van der Waals surface area contributed by atoms with Gasteiger partial charge in [-0.1, -0.05) is 0 Å². The molecule has 0 saturated carbocycles. The van der Waals surface area contributed by atoms with E-state index < -0.39 is 27.7 Å². The zero-order valence-corrected chi connectivity index (χ0v) is 16.8. The number of carbonyl (C=O) groups is 2. The number of alkyl halides is 3. The summed E-state index contributed by atoms with van der Waals surface area (Å²) in [5, 5.41) is 13.9. The van der Waals surface area contributed by atoms with E-state index in [1.807, 2.05) is 6.92 Å². The van der Waals surface area contributed by atoms with Crippen molar-refractivity contribution in [1.29, 1.82) is 0 Å². The Morgan fingerprint density at radius 2 is 1.79 bits per heavy atom. The largest absolute Gasteiger partial charge is 0.490 e. The Kier molecular flexibility index (Phi) is 6.62. The number of carboxylic acids is 1. The number of H-pyrrole nitrogens is 1. The van der Waals surface area contributed by atoms with Crippen LogP contribution in [0.15, 0.2) is 6.07 Å². The number of hydrogen-bond donors (Lipinski definition) is 2. The molecule has 1 aromatic rings.